The average Bonchev–Trinajstić information content (AvgIpc) is 1.69. The van der Waals surface area contributed by atoms with Crippen molar-refractivity contribution in [2.75, 3.05) is 6.61 Å². The second-order valence-electron chi connectivity index (χ2n) is 1.18. The van der Waals surface area contributed by atoms with Crippen molar-refractivity contribution in [1.82, 2.24) is 5.32 Å². The molecule has 1 rings (SSSR count). The molecular formula is C4H7Cl2NO2. The van der Waals surface area contributed by atoms with Crippen LogP contribution in [0.25, 0.3) is 0 Å². The first-order valence-corrected chi connectivity index (χ1v) is 1.95. The van der Waals surface area contributed by atoms with E-state index in [1.165, 1.54) is 12.5 Å². The molecule has 1 heterocycles. The SMILES string of the molecule is Cl.Cl.O=C1COC=CN1. The summed E-state index contributed by atoms with van der Waals surface area (Å²) >= 11 is 0. The molecular weight excluding hydrogens is 165 g/mol. The smallest absolute Gasteiger partial charge is 0.261 e. The van der Waals surface area contributed by atoms with E-state index in [-0.39, 0.29) is 37.3 Å². The first kappa shape index (κ1) is 11.4. The molecule has 0 saturated carbocycles. The first-order valence-electron chi connectivity index (χ1n) is 1.95. The van der Waals surface area contributed by atoms with E-state index < -0.39 is 0 Å². The van der Waals surface area contributed by atoms with Crippen LogP contribution in [0, 0.1) is 0 Å². The fourth-order valence-corrected chi connectivity index (χ4v) is 0.341. The Balaban J connectivity index is 0. The molecule has 0 bridgehead atoms. The number of carbonyl (C=O) groups is 1. The van der Waals surface area contributed by atoms with Gasteiger partial charge in [-0.25, -0.2) is 0 Å². The Labute approximate surface area is 65.3 Å². The summed E-state index contributed by atoms with van der Waals surface area (Å²) in [6.45, 7) is 0.149. The van der Waals surface area contributed by atoms with Gasteiger partial charge in [-0.1, -0.05) is 0 Å². The fourth-order valence-electron chi connectivity index (χ4n) is 0.341. The van der Waals surface area contributed by atoms with Crippen LogP contribution in [0.5, 0.6) is 0 Å². The lowest BCUT2D eigenvalue weighted by Crippen LogP contribution is -2.24. The Hall–Kier alpha value is -0.410. The van der Waals surface area contributed by atoms with Crippen molar-refractivity contribution in [3.63, 3.8) is 0 Å². The second-order valence-corrected chi connectivity index (χ2v) is 1.18. The van der Waals surface area contributed by atoms with Crippen molar-refractivity contribution in [3.05, 3.63) is 12.5 Å². The van der Waals surface area contributed by atoms with Crippen LogP contribution < -0.4 is 5.32 Å². The molecule has 0 fully saturated rings. The van der Waals surface area contributed by atoms with Gasteiger partial charge in [-0.3, -0.25) is 4.79 Å². The van der Waals surface area contributed by atoms with Gasteiger partial charge < -0.3 is 10.1 Å². The maximum atomic E-state index is 10.2. The summed E-state index contributed by atoms with van der Waals surface area (Å²) in [5.74, 6) is -0.0949. The molecule has 0 spiro atoms. The molecule has 1 aliphatic rings. The fraction of sp³-hybridized carbons (Fsp3) is 0.250. The molecule has 5 heteroatoms. The Morgan fingerprint density at radius 2 is 2.22 bits per heavy atom. The average molecular weight is 172 g/mol. The minimum Gasteiger partial charge on any atom is -0.490 e. The van der Waals surface area contributed by atoms with E-state index in [9.17, 15) is 4.79 Å². The third-order valence-corrected chi connectivity index (χ3v) is 0.623. The number of hydrogen-bond donors (Lipinski definition) is 1. The summed E-state index contributed by atoms with van der Waals surface area (Å²) in [4.78, 5) is 10.2. The Morgan fingerprint density at radius 1 is 1.56 bits per heavy atom. The van der Waals surface area contributed by atoms with E-state index in [0.29, 0.717) is 0 Å². The van der Waals surface area contributed by atoms with E-state index in [0.717, 1.165) is 0 Å². The number of ether oxygens (including phenoxy) is 1. The molecule has 1 amide bonds. The second kappa shape index (κ2) is 5.72. The molecule has 0 aromatic rings. The third kappa shape index (κ3) is 4.12. The van der Waals surface area contributed by atoms with Gasteiger partial charge in [-0.2, -0.15) is 0 Å². The summed E-state index contributed by atoms with van der Waals surface area (Å²) in [6.07, 6.45) is 2.91. The highest BCUT2D eigenvalue weighted by molar-refractivity contribution is 5.85. The van der Waals surface area contributed by atoms with Crippen molar-refractivity contribution in [3.8, 4) is 0 Å². The van der Waals surface area contributed by atoms with Gasteiger partial charge in [-0.05, 0) is 0 Å². The predicted molar refractivity (Wildman–Crippen MR) is 37.7 cm³/mol. The van der Waals surface area contributed by atoms with Crippen molar-refractivity contribution in [2.24, 2.45) is 0 Å². The number of hydrogen-bond acceptors (Lipinski definition) is 2. The molecule has 1 N–H and O–H groups in total. The largest absolute Gasteiger partial charge is 0.490 e. The van der Waals surface area contributed by atoms with E-state index in [2.05, 4.69) is 10.1 Å². The Morgan fingerprint density at radius 3 is 2.44 bits per heavy atom. The Bertz CT molecular complexity index is 115. The van der Waals surface area contributed by atoms with Crippen molar-refractivity contribution in [1.29, 1.82) is 0 Å². The minimum atomic E-state index is -0.0949. The lowest BCUT2D eigenvalue weighted by molar-refractivity contribution is -0.124. The molecule has 1 aliphatic heterocycles. The zero-order valence-electron chi connectivity index (χ0n) is 4.49. The molecule has 0 unspecified atom stereocenters. The predicted octanol–water partition coefficient (Wildman–Crippen LogP) is 0.448. The number of nitrogens with one attached hydrogen (secondary N) is 1. The summed E-state index contributed by atoms with van der Waals surface area (Å²) in [5, 5.41) is 2.44. The van der Waals surface area contributed by atoms with E-state index in [1.807, 2.05) is 0 Å². The zero-order valence-corrected chi connectivity index (χ0v) is 6.13. The molecule has 54 valence electrons. The molecule has 0 aliphatic carbocycles. The molecule has 3 nitrogen and oxygen atoms in total. The van der Waals surface area contributed by atoms with Gasteiger partial charge in [0.25, 0.3) is 5.91 Å². The number of carbonyl (C=O) groups excluding carboxylic acids is 1. The van der Waals surface area contributed by atoms with Crippen molar-refractivity contribution < 1.29 is 9.53 Å². The van der Waals surface area contributed by atoms with Crippen LogP contribution in [0.3, 0.4) is 0 Å². The summed E-state index contributed by atoms with van der Waals surface area (Å²) in [7, 11) is 0. The van der Waals surface area contributed by atoms with Gasteiger partial charge in [0.05, 0.1) is 6.26 Å². The van der Waals surface area contributed by atoms with Gasteiger partial charge in [0.1, 0.15) is 0 Å². The van der Waals surface area contributed by atoms with Gasteiger partial charge in [-0.15, -0.1) is 24.8 Å². The molecule has 9 heavy (non-hydrogen) atoms. The van der Waals surface area contributed by atoms with E-state index in [1.54, 1.807) is 0 Å². The first-order chi connectivity index (χ1) is 3.39. The Kier molecular flexibility index (Phi) is 7.24. The van der Waals surface area contributed by atoms with Crippen molar-refractivity contribution in [2.45, 2.75) is 0 Å². The van der Waals surface area contributed by atoms with E-state index in [4.69, 9.17) is 0 Å². The maximum absolute atomic E-state index is 10.2. The number of rotatable bonds is 0. The maximum Gasteiger partial charge on any atom is 0.261 e. The number of amides is 1. The lowest BCUT2D eigenvalue weighted by Gasteiger charge is -2.03. The van der Waals surface area contributed by atoms with Crippen LogP contribution >= 0.6 is 24.8 Å². The van der Waals surface area contributed by atoms with Crippen LogP contribution in [-0.4, -0.2) is 12.5 Å². The number of halogens is 2. The normalized spacial score (nSPS) is 14.0. The summed E-state index contributed by atoms with van der Waals surface area (Å²) < 4.78 is 4.59. The molecule has 0 saturated heterocycles. The van der Waals surface area contributed by atoms with Crippen LogP contribution in [-0.2, 0) is 9.53 Å². The van der Waals surface area contributed by atoms with Gasteiger partial charge in [0.2, 0.25) is 0 Å². The van der Waals surface area contributed by atoms with Crippen LogP contribution in [0.15, 0.2) is 12.5 Å². The molecule has 0 atom stereocenters. The van der Waals surface area contributed by atoms with Gasteiger partial charge in [0, 0.05) is 6.20 Å². The molecule has 0 radical (unpaired) electrons. The van der Waals surface area contributed by atoms with Crippen LogP contribution in [0.4, 0.5) is 0 Å². The van der Waals surface area contributed by atoms with Gasteiger partial charge >= 0.3 is 0 Å². The highest BCUT2D eigenvalue weighted by atomic mass is 35.5. The zero-order chi connectivity index (χ0) is 5.11. The lowest BCUT2D eigenvalue weighted by atomic mass is 10.6. The highest BCUT2D eigenvalue weighted by Crippen LogP contribution is 1.81. The van der Waals surface area contributed by atoms with Gasteiger partial charge in [0.15, 0.2) is 6.61 Å². The van der Waals surface area contributed by atoms with Crippen LogP contribution in [0.2, 0.25) is 0 Å². The summed E-state index contributed by atoms with van der Waals surface area (Å²) in [6, 6.07) is 0. The molecule has 0 aromatic heterocycles. The standard InChI is InChI=1S/C4H5NO2.2ClH/c6-4-3-7-2-1-5-4;;/h1-2H,3H2,(H,5,6);2*1H. The molecule has 0 aromatic carbocycles. The third-order valence-electron chi connectivity index (χ3n) is 0.623. The summed E-state index contributed by atoms with van der Waals surface area (Å²) in [5.41, 5.74) is 0. The minimum absolute atomic E-state index is 0. The van der Waals surface area contributed by atoms with E-state index >= 15 is 0 Å². The van der Waals surface area contributed by atoms with Crippen LogP contribution in [0.1, 0.15) is 0 Å². The monoisotopic (exact) mass is 171 g/mol. The van der Waals surface area contributed by atoms with Crippen molar-refractivity contribution >= 4 is 30.7 Å². The highest BCUT2D eigenvalue weighted by Gasteiger charge is 1.99. The topological polar surface area (TPSA) is 38.3 Å². The quantitative estimate of drug-likeness (QED) is 0.575.